The zero-order valence-electron chi connectivity index (χ0n) is 13.8. The molecule has 0 atom stereocenters. The third kappa shape index (κ3) is 3.47. The minimum atomic E-state index is -0.217. The minimum absolute atomic E-state index is 0.113. The van der Waals surface area contributed by atoms with E-state index in [4.69, 9.17) is 0 Å². The maximum atomic E-state index is 12.3. The van der Waals surface area contributed by atoms with Crippen molar-refractivity contribution in [1.29, 1.82) is 0 Å². The predicted molar refractivity (Wildman–Crippen MR) is 86.9 cm³/mol. The molecule has 1 N–H and O–H groups in total. The molecule has 0 aliphatic heterocycles. The molecular weight excluding hydrogens is 278 g/mol. The van der Waals surface area contributed by atoms with Gasteiger partial charge in [0.15, 0.2) is 5.82 Å². The van der Waals surface area contributed by atoms with E-state index in [1.807, 2.05) is 19.1 Å². The second-order valence-electron chi connectivity index (χ2n) is 6.61. The molecule has 0 bridgehead atoms. The molecule has 0 spiro atoms. The van der Waals surface area contributed by atoms with Gasteiger partial charge in [0.25, 0.3) is 0 Å². The average Bonchev–Trinajstić information content (AvgIpc) is 2.76. The predicted octanol–water partition coefficient (Wildman–Crippen LogP) is 2.29. The number of aromatic nitrogens is 3. The summed E-state index contributed by atoms with van der Waals surface area (Å²) in [5.41, 5.74) is 2.24. The van der Waals surface area contributed by atoms with Crippen LogP contribution in [-0.2, 0) is 25.1 Å². The summed E-state index contributed by atoms with van der Waals surface area (Å²) in [6, 6.07) is 8.25. The molecule has 0 saturated carbocycles. The van der Waals surface area contributed by atoms with Gasteiger partial charge in [-0.15, -0.1) is 0 Å². The van der Waals surface area contributed by atoms with Crippen molar-refractivity contribution in [1.82, 2.24) is 14.3 Å². The van der Waals surface area contributed by atoms with E-state index in [1.165, 1.54) is 10.2 Å². The van der Waals surface area contributed by atoms with Gasteiger partial charge in [-0.3, -0.25) is 4.57 Å². The van der Waals surface area contributed by atoms with Crippen LogP contribution in [0.1, 0.15) is 51.1 Å². The molecule has 0 fully saturated rings. The maximum Gasteiger partial charge on any atom is 0.346 e. The van der Waals surface area contributed by atoms with E-state index in [0.29, 0.717) is 18.9 Å². The molecule has 1 heterocycles. The highest BCUT2D eigenvalue weighted by Gasteiger charge is 2.14. The van der Waals surface area contributed by atoms with Crippen molar-refractivity contribution < 1.29 is 5.11 Å². The van der Waals surface area contributed by atoms with E-state index >= 15 is 0 Å². The van der Waals surface area contributed by atoms with Crippen LogP contribution in [0.25, 0.3) is 0 Å². The molecule has 0 saturated heterocycles. The van der Waals surface area contributed by atoms with E-state index in [2.05, 4.69) is 38.0 Å². The first-order chi connectivity index (χ1) is 10.4. The van der Waals surface area contributed by atoms with Gasteiger partial charge >= 0.3 is 5.69 Å². The number of rotatable bonds is 5. The van der Waals surface area contributed by atoms with Crippen LogP contribution in [0.3, 0.4) is 0 Å². The van der Waals surface area contributed by atoms with E-state index in [0.717, 1.165) is 12.0 Å². The van der Waals surface area contributed by atoms with Gasteiger partial charge in [0.2, 0.25) is 0 Å². The van der Waals surface area contributed by atoms with Crippen molar-refractivity contribution in [3.63, 3.8) is 0 Å². The van der Waals surface area contributed by atoms with Gasteiger partial charge in [0.1, 0.15) is 6.61 Å². The molecule has 0 amide bonds. The molecule has 22 heavy (non-hydrogen) atoms. The van der Waals surface area contributed by atoms with Crippen LogP contribution in [0.4, 0.5) is 0 Å². The van der Waals surface area contributed by atoms with Crippen LogP contribution >= 0.6 is 0 Å². The zero-order valence-corrected chi connectivity index (χ0v) is 13.8. The Kier molecular flexibility index (Phi) is 4.86. The molecular formula is C17H25N3O2. The second kappa shape index (κ2) is 6.48. The molecule has 1 aromatic carbocycles. The largest absolute Gasteiger partial charge is 0.388 e. The van der Waals surface area contributed by atoms with Crippen LogP contribution in [-0.4, -0.2) is 19.5 Å². The Morgan fingerprint density at radius 3 is 2.32 bits per heavy atom. The summed E-state index contributed by atoms with van der Waals surface area (Å²) >= 11 is 0. The number of nitrogens with zero attached hydrogens (tertiary/aromatic N) is 3. The van der Waals surface area contributed by atoms with E-state index in [-0.39, 0.29) is 17.7 Å². The van der Waals surface area contributed by atoms with E-state index in [1.54, 1.807) is 4.57 Å². The SMILES string of the molecule is CCCn1c(CO)nn(Cc2ccc(C(C)(C)C)cc2)c1=O. The van der Waals surface area contributed by atoms with Gasteiger partial charge < -0.3 is 5.11 Å². The number of hydrogen-bond donors (Lipinski definition) is 1. The molecule has 0 radical (unpaired) electrons. The van der Waals surface area contributed by atoms with Crippen molar-refractivity contribution >= 4 is 0 Å². The lowest BCUT2D eigenvalue weighted by Gasteiger charge is -2.19. The fourth-order valence-electron chi connectivity index (χ4n) is 2.44. The lowest BCUT2D eigenvalue weighted by molar-refractivity contribution is 0.263. The Labute approximate surface area is 131 Å². The number of hydrogen-bond acceptors (Lipinski definition) is 3. The summed E-state index contributed by atoms with van der Waals surface area (Å²) in [5.74, 6) is 0.429. The normalized spacial score (nSPS) is 11.9. The van der Waals surface area contributed by atoms with Gasteiger partial charge in [-0.25, -0.2) is 9.48 Å². The molecule has 2 rings (SSSR count). The zero-order chi connectivity index (χ0) is 16.3. The summed E-state index contributed by atoms with van der Waals surface area (Å²) in [6.45, 7) is 9.30. The van der Waals surface area contributed by atoms with E-state index in [9.17, 15) is 9.90 Å². The first-order valence-electron chi connectivity index (χ1n) is 7.73. The monoisotopic (exact) mass is 303 g/mol. The first kappa shape index (κ1) is 16.5. The molecule has 0 aliphatic carbocycles. The fourth-order valence-corrected chi connectivity index (χ4v) is 2.44. The smallest absolute Gasteiger partial charge is 0.346 e. The summed E-state index contributed by atoms with van der Waals surface area (Å²) in [4.78, 5) is 12.3. The molecule has 5 heteroatoms. The topological polar surface area (TPSA) is 60.0 Å². The quantitative estimate of drug-likeness (QED) is 0.922. The molecule has 120 valence electrons. The average molecular weight is 303 g/mol. The van der Waals surface area contributed by atoms with Gasteiger partial charge in [0.05, 0.1) is 6.54 Å². The minimum Gasteiger partial charge on any atom is -0.388 e. The Bertz CT molecular complexity index is 675. The van der Waals surface area contributed by atoms with E-state index < -0.39 is 0 Å². The van der Waals surface area contributed by atoms with Crippen molar-refractivity contribution in [2.45, 2.75) is 59.2 Å². The number of aliphatic hydroxyl groups excluding tert-OH is 1. The molecule has 5 nitrogen and oxygen atoms in total. The number of aliphatic hydroxyl groups is 1. The molecule has 2 aromatic rings. The van der Waals surface area contributed by atoms with Crippen molar-refractivity contribution in [2.24, 2.45) is 0 Å². The number of benzene rings is 1. The van der Waals surface area contributed by atoms with Crippen molar-refractivity contribution in [3.8, 4) is 0 Å². The Hall–Kier alpha value is -1.88. The van der Waals surface area contributed by atoms with Gasteiger partial charge in [-0.2, -0.15) is 5.10 Å². The molecule has 0 aliphatic rings. The van der Waals surface area contributed by atoms with Gasteiger partial charge in [-0.1, -0.05) is 52.0 Å². The Morgan fingerprint density at radius 1 is 1.18 bits per heavy atom. The summed E-state index contributed by atoms with van der Waals surface area (Å²) in [5, 5.41) is 13.6. The highest BCUT2D eigenvalue weighted by atomic mass is 16.3. The van der Waals surface area contributed by atoms with Crippen molar-refractivity contribution in [3.05, 3.63) is 51.7 Å². The maximum absolute atomic E-state index is 12.3. The molecule has 0 unspecified atom stereocenters. The lowest BCUT2D eigenvalue weighted by atomic mass is 9.87. The highest BCUT2D eigenvalue weighted by Crippen LogP contribution is 2.22. The van der Waals surface area contributed by atoms with Crippen LogP contribution in [0, 0.1) is 0 Å². The van der Waals surface area contributed by atoms with Crippen LogP contribution in [0.5, 0.6) is 0 Å². The first-order valence-corrected chi connectivity index (χ1v) is 7.73. The van der Waals surface area contributed by atoms with Crippen LogP contribution in [0.2, 0.25) is 0 Å². The Balaban J connectivity index is 2.26. The van der Waals surface area contributed by atoms with Gasteiger partial charge in [-0.05, 0) is 23.0 Å². The lowest BCUT2D eigenvalue weighted by Crippen LogP contribution is -2.26. The highest BCUT2D eigenvalue weighted by molar-refractivity contribution is 5.27. The third-order valence-electron chi connectivity index (χ3n) is 3.74. The summed E-state index contributed by atoms with van der Waals surface area (Å²) in [7, 11) is 0. The van der Waals surface area contributed by atoms with Crippen molar-refractivity contribution in [2.75, 3.05) is 0 Å². The fraction of sp³-hybridized carbons (Fsp3) is 0.529. The third-order valence-corrected chi connectivity index (χ3v) is 3.74. The standard InChI is InChI=1S/C17H25N3O2/c1-5-10-19-15(12-21)18-20(16(19)22)11-13-6-8-14(9-7-13)17(2,3)4/h6-9,21H,5,10-12H2,1-4H3. The van der Waals surface area contributed by atoms with Crippen LogP contribution in [0.15, 0.2) is 29.1 Å². The summed E-state index contributed by atoms with van der Waals surface area (Å²) in [6.07, 6.45) is 0.832. The second-order valence-corrected chi connectivity index (χ2v) is 6.61. The van der Waals surface area contributed by atoms with Crippen LogP contribution < -0.4 is 5.69 Å². The Morgan fingerprint density at radius 2 is 1.82 bits per heavy atom. The summed E-state index contributed by atoms with van der Waals surface area (Å²) < 4.78 is 2.97. The molecule has 1 aromatic heterocycles. The van der Waals surface area contributed by atoms with Gasteiger partial charge in [0, 0.05) is 6.54 Å².